The molecule has 0 saturated heterocycles. The van der Waals surface area contributed by atoms with E-state index in [1.54, 1.807) is 0 Å². The fourth-order valence-electron chi connectivity index (χ4n) is 0. The van der Waals surface area contributed by atoms with Gasteiger partial charge in [-0.1, -0.05) is 0 Å². The van der Waals surface area contributed by atoms with Crippen LogP contribution in [-0.4, -0.2) is 14.7 Å². The van der Waals surface area contributed by atoms with E-state index < -0.39 is 7.82 Å². The van der Waals surface area contributed by atoms with E-state index in [2.05, 4.69) is 0 Å². The van der Waals surface area contributed by atoms with Crippen LogP contribution in [0.5, 0.6) is 0 Å². The molecule has 4 nitrogen and oxygen atoms in total. The molecule has 0 aromatic carbocycles. The Balaban J connectivity index is -0.0000000800. The molecule has 0 spiro atoms. The van der Waals surface area contributed by atoms with E-state index in [0.717, 1.165) is 0 Å². The molecule has 3 N–H and O–H groups in total. The molecular weight excluding hydrogens is 392 g/mol. The first-order valence-electron chi connectivity index (χ1n) is 0.783. The van der Waals surface area contributed by atoms with Crippen molar-refractivity contribution in [3.63, 3.8) is 0 Å². The summed E-state index contributed by atoms with van der Waals surface area (Å²) in [7, 11) is -4.64. The second kappa shape index (κ2) is 6.92. The zero-order valence-corrected chi connectivity index (χ0v) is 9.35. The van der Waals surface area contributed by atoms with Crippen LogP contribution in [-0.2, 0) is 4.57 Å². The Morgan fingerprint density at radius 1 is 1.14 bits per heavy atom. The van der Waals surface area contributed by atoms with Crippen LogP contribution in [0.25, 0.3) is 0 Å². The van der Waals surface area contributed by atoms with Crippen LogP contribution >= 0.6 is 7.82 Å². The average Bonchev–Trinajstić information content (AvgIpc) is 0.722. The molecule has 0 aliphatic rings. The standard InChI is InChI=1S/Ce.Gd.H3O4P/c;;1-5(2,3)4/h;;(H3,1,2,3,4). The van der Waals surface area contributed by atoms with Gasteiger partial charge in [0.25, 0.3) is 0 Å². The molecule has 0 aromatic rings. The maximum Gasteiger partial charge on any atom is 0.466 e. The van der Waals surface area contributed by atoms with Crippen molar-refractivity contribution < 1.29 is 101 Å². The van der Waals surface area contributed by atoms with Gasteiger partial charge in [-0.3, -0.25) is 0 Å². The third-order valence-corrected chi connectivity index (χ3v) is 0. The van der Waals surface area contributed by atoms with Gasteiger partial charge in [-0.05, 0) is 0 Å². The molecule has 0 saturated carbocycles. The summed E-state index contributed by atoms with van der Waals surface area (Å²) in [5.74, 6) is 0. The molecule has 0 unspecified atom stereocenters. The monoisotopic (exact) mass is 396 g/mol. The van der Waals surface area contributed by atoms with Crippen LogP contribution in [0, 0.1) is 81.7 Å². The zero-order chi connectivity index (χ0) is 4.50. The van der Waals surface area contributed by atoms with E-state index in [4.69, 9.17) is 19.2 Å². The predicted molar refractivity (Wildman–Crippen MR) is 14.3 cm³/mol. The first kappa shape index (κ1) is 16.4. The first-order chi connectivity index (χ1) is 2.00. The van der Waals surface area contributed by atoms with Crippen molar-refractivity contribution in [2.45, 2.75) is 0 Å². The van der Waals surface area contributed by atoms with E-state index in [-0.39, 0.29) is 81.7 Å². The van der Waals surface area contributed by atoms with E-state index in [0.29, 0.717) is 0 Å². The molecule has 0 aliphatic heterocycles. The molecule has 0 amide bonds. The van der Waals surface area contributed by atoms with Crippen LogP contribution < -0.4 is 0 Å². The third kappa shape index (κ3) is 51.7. The van der Waals surface area contributed by atoms with Gasteiger partial charge in [0.15, 0.2) is 0 Å². The van der Waals surface area contributed by atoms with Gasteiger partial charge in [0.1, 0.15) is 0 Å². The van der Waals surface area contributed by atoms with Gasteiger partial charge in [0.2, 0.25) is 0 Å². The summed E-state index contributed by atoms with van der Waals surface area (Å²) >= 11 is 0. The van der Waals surface area contributed by atoms with Gasteiger partial charge < -0.3 is 14.7 Å². The average molecular weight is 395 g/mol. The maximum absolute atomic E-state index is 8.88. The predicted octanol–water partition coefficient (Wildman–Crippen LogP) is -0.929. The van der Waals surface area contributed by atoms with Crippen molar-refractivity contribution in [2.75, 3.05) is 0 Å². The van der Waals surface area contributed by atoms with Gasteiger partial charge >= 0.3 is 7.82 Å². The molecule has 0 radical (unpaired) electrons. The Kier molecular flexibility index (Phi) is 16.2. The summed E-state index contributed by atoms with van der Waals surface area (Å²) < 4.78 is 8.88. The van der Waals surface area contributed by atoms with E-state index >= 15 is 0 Å². The van der Waals surface area contributed by atoms with Crippen molar-refractivity contribution >= 4 is 7.82 Å². The van der Waals surface area contributed by atoms with Gasteiger partial charge in [-0.25, -0.2) is 4.57 Å². The van der Waals surface area contributed by atoms with Crippen LogP contribution in [0.3, 0.4) is 0 Å². The van der Waals surface area contributed by atoms with Crippen molar-refractivity contribution in [3.8, 4) is 0 Å². The van der Waals surface area contributed by atoms with E-state index in [1.807, 2.05) is 0 Å². The van der Waals surface area contributed by atoms with Crippen molar-refractivity contribution in [1.82, 2.24) is 0 Å². The number of phosphoric acid groups is 1. The Bertz CT molecular complexity index is 57.8. The summed E-state index contributed by atoms with van der Waals surface area (Å²) in [5, 5.41) is 0. The molecule has 0 bridgehead atoms. The molecule has 0 fully saturated rings. The Hall–Kier alpha value is 2.81. The summed E-state index contributed by atoms with van der Waals surface area (Å²) in [6.07, 6.45) is 0. The SMILES string of the molecule is O=P(O)(O)O.[Ce].[Gd]. The van der Waals surface area contributed by atoms with Crippen LogP contribution in [0.1, 0.15) is 0 Å². The summed E-state index contributed by atoms with van der Waals surface area (Å²) in [4.78, 5) is 21.6. The quantitative estimate of drug-likeness (QED) is 0.464. The topological polar surface area (TPSA) is 77.8 Å². The fourth-order valence-corrected chi connectivity index (χ4v) is 0. The van der Waals surface area contributed by atoms with Crippen molar-refractivity contribution in [2.24, 2.45) is 0 Å². The van der Waals surface area contributed by atoms with E-state index in [1.165, 1.54) is 0 Å². The van der Waals surface area contributed by atoms with Crippen LogP contribution in [0.4, 0.5) is 0 Å². The van der Waals surface area contributed by atoms with Crippen molar-refractivity contribution in [1.29, 1.82) is 0 Å². The molecule has 7 heteroatoms. The van der Waals surface area contributed by atoms with Gasteiger partial charge in [0.05, 0.1) is 0 Å². The normalized spacial score (nSPS) is 8.43. The minimum atomic E-state index is -4.64. The van der Waals surface area contributed by atoms with Gasteiger partial charge in [-0.15, -0.1) is 0 Å². The molecule has 0 atom stereocenters. The zero-order valence-electron chi connectivity index (χ0n) is 3.05. The first-order valence-corrected chi connectivity index (χ1v) is 2.35. The number of hydrogen-bond donors (Lipinski definition) is 3. The molecular formula is H3CeGdO4P. The summed E-state index contributed by atoms with van der Waals surface area (Å²) in [6.45, 7) is 0. The summed E-state index contributed by atoms with van der Waals surface area (Å²) in [6, 6.07) is 0. The Morgan fingerprint density at radius 2 is 1.14 bits per heavy atom. The minimum Gasteiger partial charge on any atom is -0.303 e. The second-order valence-corrected chi connectivity index (χ2v) is 1.54. The smallest absolute Gasteiger partial charge is 0.303 e. The van der Waals surface area contributed by atoms with Crippen LogP contribution in [0.15, 0.2) is 0 Å². The number of rotatable bonds is 0. The molecule has 0 aromatic heterocycles. The molecule has 0 aliphatic carbocycles. The molecule has 44 valence electrons. The second-order valence-electron chi connectivity index (χ2n) is 0.513. The van der Waals surface area contributed by atoms with E-state index in [9.17, 15) is 0 Å². The maximum atomic E-state index is 8.88. The molecule has 0 rings (SSSR count). The number of hydrogen-bond acceptors (Lipinski definition) is 1. The molecule has 7 heavy (non-hydrogen) atoms. The molecule has 0 heterocycles. The minimum absolute atomic E-state index is 0. The largest absolute Gasteiger partial charge is 0.466 e. The Morgan fingerprint density at radius 3 is 1.14 bits per heavy atom. The summed E-state index contributed by atoms with van der Waals surface area (Å²) in [5.41, 5.74) is 0. The van der Waals surface area contributed by atoms with Crippen molar-refractivity contribution in [3.05, 3.63) is 0 Å². The van der Waals surface area contributed by atoms with Gasteiger partial charge in [-0.2, -0.15) is 0 Å². The fraction of sp³-hybridized carbons (Fsp3) is 0. The Labute approximate surface area is 106 Å². The third-order valence-electron chi connectivity index (χ3n) is 0. The van der Waals surface area contributed by atoms with Crippen LogP contribution in [0.2, 0.25) is 0 Å². The van der Waals surface area contributed by atoms with Gasteiger partial charge in [0, 0.05) is 81.7 Å².